The van der Waals surface area contributed by atoms with Gasteiger partial charge in [0.15, 0.2) is 5.17 Å². The molecule has 0 aromatic heterocycles. The molecule has 0 unspecified atom stereocenters. The molecule has 0 atom stereocenters. The van der Waals surface area contributed by atoms with Crippen molar-refractivity contribution in [1.29, 1.82) is 0 Å². The number of rotatable bonds is 0. The molecule has 0 aromatic rings. The van der Waals surface area contributed by atoms with E-state index < -0.39 is 12.1 Å². The fourth-order valence-corrected chi connectivity index (χ4v) is 1.05. The molecule has 0 radical (unpaired) electrons. The van der Waals surface area contributed by atoms with Gasteiger partial charge in [0.1, 0.15) is 0 Å². The Morgan fingerprint density at radius 2 is 1.87 bits per heavy atom. The molecule has 0 fully saturated rings. The maximum Gasteiger partial charge on any atom is 0.343 e. The number of aliphatic imine (C=N–C) groups is 1. The van der Waals surface area contributed by atoms with Gasteiger partial charge in [-0.1, -0.05) is 11.8 Å². The van der Waals surface area contributed by atoms with E-state index in [-0.39, 0.29) is 10.7 Å². The number of thioether (sulfide) groups is 1. The zero-order valence-corrected chi connectivity index (χ0v) is 10.1. The van der Waals surface area contributed by atoms with Crippen molar-refractivity contribution in [1.82, 2.24) is 10.6 Å². The lowest BCUT2D eigenvalue weighted by Crippen LogP contribution is -2.40. The summed E-state index contributed by atoms with van der Waals surface area (Å²) in [6.45, 7) is 5.50. The molecule has 6 nitrogen and oxygen atoms in total. The van der Waals surface area contributed by atoms with Crippen molar-refractivity contribution in [2.45, 2.75) is 26.3 Å². The Morgan fingerprint density at radius 1 is 1.33 bits per heavy atom. The van der Waals surface area contributed by atoms with Crippen molar-refractivity contribution in [3.05, 3.63) is 0 Å². The maximum atomic E-state index is 11.3. The molecule has 15 heavy (non-hydrogen) atoms. The van der Waals surface area contributed by atoms with Crippen LogP contribution in [0.3, 0.4) is 0 Å². The van der Waals surface area contributed by atoms with E-state index >= 15 is 0 Å². The van der Waals surface area contributed by atoms with Crippen LogP contribution >= 0.6 is 11.8 Å². The molecule has 0 saturated carbocycles. The van der Waals surface area contributed by atoms with Crippen LogP contribution in [0.4, 0.5) is 9.59 Å². The first kappa shape index (κ1) is 13.8. The van der Waals surface area contributed by atoms with Crippen LogP contribution in [0.25, 0.3) is 0 Å². The van der Waals surface area contributed by atoms with E-state index in [9.17, 15) is 9.59 Å². The summed E-state index contributed by atoms with van der Waals surface area (Å²) < 4.78 is 0. The van der Waals surface area contributed by atoms with Crippen molar-refractivity contribution in [3.8, 4) is 0 Å². The van der Waals surface area contributed by atoms with E-state index in [1.807, 2.05) is 20.8 Å². The predicted octanol–water partition coefficient (Wildman–Crippen LogP) is 0.882. The fraction of sp³-hybridized carbons (Fsp3) is 0.625. The van der Waals surface area contributed by atoms with E-state index in [0.29, 0.717) is 0 Å². The van der Waals surface area contributed by atoms with E-state index in [0.717, 1.165) is 11.8 Å². The first-order valence-corrected chi connectivity index (χ1v) is 5.48. The predicted molar refractivity (Wildman–Crippen MR) is 62.0 cm³/mol. The zero-order valence-electron chi connectivity index (χ0n) is 9.25. The number of nitrogens with one attached hydrogen (secondary N) is 2. The van der Waals surface area contributed by atoms with Gasteiger partial charge in [-0.05, 0) is 27.0 Å². The molecule has 0 spiro atoms. The second kappa shape index (κ2) is 5.59. The van der Waals surface area contributed by atoms with Gasteiger partial charge in [-0.2, -0.15) is 4.99 Å². The minimum absolute atomic E-state index is 0.171. The van der Waals surface area contributed by atoms with Gasteiger partial charge in [-0.25, -0.2) is 9.59 Å². The van der Waals surface area contributed by atoms with Crippen LogP contribution in [-0.4, -0.2) is 29.0 Å². The molecule has 0 saturated heterocycles. The summed E-state index contributed by atoms with van der Waals surface area (Å²) >= 11 is 1.13. The SMILES string of the molecule is CSC(=NC(=O)NC(C)(C)C)NC(N)=O. The molecular formula is C8H16N4O2S. The van der Waals surface area contributed by atoms with Crippen molar-refractivity contribution in [3.63, 3.8) is 0 Å². The van der Waals surface area contributed by atoms with Crippen LogP contribution in [-0.2, 0) is 0 Å². The number of primary amides is 1. The Bertz CT molecular complexity index is 283. The average molecular weight is 232 g/mol. The second-order valence-corrected chi connectivity index (χ2v) is 4.59. The Kier molecular flexibility index (Phi) is 5.13. The Hall–Kier alpha value is -1.24. The minimum Gasteiger partial charge on any atom is -0.351 e. The lowest BCUT2D eigenvalue weighted by molar-refractivity contribution is 0.241. The van der Waals surface area contributed by atoms with Crippen LogP contribution in [0.15, 0.2) is 4.99 Å². The highest BCUT2D eigenvalue weighted by molar-refractivity contribution is 8.13. The monoisotopic (exact) mass is 232 g/mol. The van der Waals surface area contributed by atoms with Gasteiger partial charge in [0.2, 0.25) is 0 Å². The minimum atomic E-state index is -0.744. The second-order valence-electron chi connectivity index (χ2n) is 3.79. The summed E-state index contributed by atoms with van der Waals surface area (Å²) in [6.07, 6.45) is 1.68. The first-order chi connectivity index (χ1) is 6.74. The number of carbonyl (C=O) groups excluding carboxylic acids is 2. The van der Waals surface area contributed by atoms with Crippen LogP contribution < -0.4 is 16.4 Å². The van der Waals surface area contributed by atoms with Crippen LogP contribution in [0, 0.1) is 0 Å². The number of nitrogens with zero attached hydrogens (tertiary/aromatic N) is 1. The highest BCUT2D eigenvalue weighted by atomic mass is 32.2. The van der Waals surface area contributed by atoms with Gasteiger partial charge in [-0.3, -0.25) is 5.32 Å². The van der Waals surface area contributed by atoms with Crippen LogP contribution in [0.1, 0.15) is 20.8 Å². The molecule has 0 aliphatic rings. The number of carbonyl (C=O) groups is 2. The van der Waals surface area contributed by atoms with E-state index in [4.69, 9.17) is 5.73 Å². The number of nitrogens with two attached hydrogens (primary N) is 1. The lowest BCUT2D eigenvalue weighted by atomic mass is 10.1. The highest BCUT2D eigenvalue weighted by Gasteiger charge is 2.13. The Morgan fingerprint density at radius 3 is 2.20 bits per heavy atom. The third-order valence-electron chi connectivity index (χ3n) is 1.11. The number of urea groups is 2. The van der Waals surface area contributed by atoms with Gasteiger partial charge in [0.25, 0.3) is 0 Å². The zero-order chi connectivity index (χ0) is 12.1. The summed E-state index contributed by atoms with van der Waals surface area (Å²) in [7, 11) is 0. The quantitative estimate of drug-likeness (QED) is 0.427. The van der Waals surface area contributed by atoms with Crippen LogP contribution in [0.2, 0.25) is 0 Å². The third kappa shape index (κ3) is 7.80. The van der Waals surface area contributed by atoms with Crippen LogP contribution in [0.5, 0.6) is 0 Å². The molecular weight excluding hydrogens is 216 g/mol. The molecule has 4 amide bonds. The summed E-state index contributed by atoms with van der Waals surface area (Å²) in [5.74, 6) is 0. The fourth-order valence-electron chi connectivity index (χ4n) is 0.671. The van der Waals surface area contributed by atoms with Gasteiger partial charge >= 0.3 is 12.1 Å². The van der Waals surface area contributed by atoms with Crippen molar-refractivity contribution >= 4 is 29.0 Å². The number of hydrogen-bond acceptors (Lipinski definition) is 3. The largest absolute Gasteiger partial charge is 0.351 e. The first-order valence-electron chi connectivity index (χ1n) is 4.26. The molecule has 0 bridgehead atoms. The molecule has 0 heterocycles. The smallest absolute Gasteiger partial charge is 0.343 e. The maximum absolute atomic E-state index is 11.3. The molecule has 0 aromatic carbocycles. The standard InChI is InChI=1S/C8H16N4O2S/c1-8(2,3)12-6(14)11-7(15-4)10-5(9)13/h1-4H3,(H4,9,10,11,12,13,14). The van der Waals surface area contributed by atoms with Crippen molar-refractivity contribution in [2.24, 2.45) is 10.7 Å². The van der Waals surface area contributed by atoms with E-state index in [1.54, 1.807) is 6.26 Å². The molecule has 0 aliphatic heterocycles. The number of hydrogen-bond donors (Lipinski definition) is 3. The van der Waals surface area contributed by atoms with Crippen molar-refractivity contribution < 1.29 is 9.59 Å². The number of amidine groups is 1. The Labute approximate surface area is 93.1 Å². The highest BCUT2D eigenvalue weighted by Crippen LogP contribution is 2.00. The molecule has 7 heteroatoms. The van der Waals surface area contributed by atoms with Crippen molar-refractivity contribution in [2.75, 3.05) is 6.26 Å². The van der Waals surface area contributed by atoms with Gasteiger partial charge in [0.05, 0.1) is 0 Å². The lowest BCUT2D eigenvalue weighted by Gasteiger charge is -2.18. The molecule has 86 valence electrons. The third-order valence-corrected chi connectivity index (χ3v) is 1.69. The van der Waals surface area contributed by atoms with E-state index in [1.165, 1.54) is 0 Å². The summed E-state index contributed by atoms with van der Waals surface area (Å²) in [6, 6.07) is -1.26. The molecule has 0 rings (SSSR count). The topological polar surface area (TPSA) is 96.6 Å². The van der Waals surface area contributed by atoms with Gasteiger partial charge in [-0.15, -0.1) is 0 Å². The summed E-state index contributed by atoms with van der Waals surface area (Å²) in [4.78, 5) is 25.5. The normalized spacial score (nSPS) is 12.1. The molecule has 0 aliphatic carbocycles. The number of amides is 4. The van der Waals surface area contributed by atoms with E-state index in [2.05, 4.69) is 15.6 Å². The van der Waals surface area contributed by atoms with Gasteiger partial charge < -0.3 is 11.1 Å². The molecule has 4 N–H and O–H groups in total. The van der Waals surface area contributed by atoms with Gasteiger partial charge in [0, 0.05) is 5.54 Å². The average Bonchev–Trinajstić information content (AvgIpc) is 1.98. The summed E-state index contributed by atoms with van der Waals surface area (Å²) in [5, 5.41) is 5.03. The Balaban J connectivity index is 4.43. The summed E-state index contributed by atoms with van der Waals surface area (Å²) in [5.41, 5.74) is 4.53.